The summed E-state index contributed by atoms with van der Waals surface area (Å²) in [5.41, 5.74) is 0. The molecule has 112 valence electrons. The van der Waals surface area contributed by atoms with Crippen LogP contribution in [0.15, 0.2) is 23.1 Å². The van der Waals surface area contributed by atoms with Crippen molar-refractivity contribution >= 4 is 11.8 Å². The third kappa shape index (κ3) is 4.32. The van der Waals surface area contributed by atoms with Crippen LogP contribution in [0.1, 0.15) is 27.2 Å². The lowest BCUT2D eigenvalue weighted by Crippen LogP contribution is -2.36. The zero-order valence-corrected chi connectivity index (χ0v) is 13.5. The van der Waals surface area contributed by atoms with E-state index >= 15 is 0 Å². The summed E-state index contributed by atoms with van der Waals surface area (Å²) in [5.74, 6) is 3.47. The van der Waals surface area contributed by atoms with Gasteiger partial charge in [-0.15, -0.1) is 11.8 Å². The van der Waals surface area contributed by atoms with Crippen LogP contribution in [0.4, 0.5) is 0 Å². The lowest BCUT2D eigenvalue weighted by Gasteiger charge is -2.22. The Bertz CT molecular complexity index is 423. The highest BCUT2D eigenvalue weighted by molar-refractivity contribution is 7.99. The zero-order valence-electron chi connectivity index (χ0n) is 12.6. The van der Waals surface area contributed by atoms with Crippen molar-refractivity contribution < 1.29 is 9.47 Å². The fraction of sp³-hybridized carbons (Fsp3) is 0.625. The largest absolute Gasteiger partial charge is 0.486 e. The van der Waals surface area contributed by atoms with Crippen molar-refractivity contribution in [1.29, 1.82) is 0 Å². The highest BCUT2D eigenvalue weighted by atomic mass is 32.2. The summed E-state index contributed by atoms with van der Waals surface area (Å²) in [6.45, 7) is 9.14. The Kier molecular flexibility index (Phi) is 6.05. The first-order chi connectivity index (χ1) is 9.70. The predicted octanol–water partition coefficient (Wildman–Crippen LogP) is 3.57. The number of nitrogens with one attached hydrogen (secondary N) is 1. The second-order valence-corrected chi connectivity index (χ2v) is 6.51. The van der Waals surface area contributed by atoms with Gasteiger partial charge in [0.2, 0.25) is 0 Å². The molecule has 1 aliphatic rings. The van der Waals surface area contributed by atoms with Crippen LogP contribution in [0.3, 0.4) is 0 Å². The lowest BCUT2D eigenvalue weighted by atomic mass is 10.1. The molecule has 1 N–H and O–H groups in total. The number of hydrogen-bond acceptors (Lipinski definition) is 4. The Labute approximate surface area is 126 Å². The molecule has 0 aliphatic carbocycles. The molecule has 2 rings (SSSR count). The standard InChI is InChI=1S/C16H25NO2S/c1-4-7-17-14(12(2)3)11-20-13-5-6-15-16(10-13)19-9-8-18-15/h5-6,10,12,14,17H,4,7-9,11H2,1-3H3. The Hall–Kier alpha value is -0.870. The fourth-order valence-electron chi connectivity index (χ4n) is 2.12. The maximum Gasteiger partial charge on any atom is 0.162 e. The van der Waals surface area contributed by atoms with Crippen LogP contribution in [0.2, 0.25) is 0 Å². The highest BCUT2D eigenvalue weighted by Gasteiger charge is 2.15. The average Bonchev–Trinajstić information content (AvgIpc) is 2.46. The van der Waals surface area contributed by atoms with Gasteiger partial charge in [-0.1, -0.05) is 20.8 Å². The van der Waals surface area contributed by atoms with Crippen LogP contribution in [-0.2, 0) is 0 Å². The van der Waals surface area contributed by atoms with Crippen molar-refractivity contribution in [3.63, 3.8) is 0 Å². The fourth-order valence-corrected chi connectivity index (χ4v) is 3.35. The minimum Gasteiger partial charge on any atom is -0.486 e. The van der Waals surface area contributed by atoms with E-state index in [1.54, 1.807) is 0 Å². The smallest absolute Gasteiger partial charge is 0.162 e. The minimum absolute atomic E-state index is 0.549. The Morgan fingerprint density at radius 2 is 1.95 bits per heavy atom. The molecule has 1 aromatic carbocycles. The van der Waals surface area contributed by atoms with Crippen molar-refractivity contribution in [2.75, 3.05) is 25.5 Å². The van der Waals surface area contributed by atoms with Crippen molar-refractivity contribution in [2.24, 2.45) is 5.92 Å². The summed E-state index contributed by atoms with van der Waals surface area (Å²) in [5, 5.41) is 3.62. The van der Waals surface area contributed by atoms with Gasteiger partial charge in [0.05, 0.1) is 0 Å². The quantitative estimate of drug-likeness (QED) is 0.779. The molecule has 0 spiro atoms. The molecule has 0 saturated carbocycles. The Morgan fingerprint density at radius 1 is 1.20 bits per heavy atom. The number of rotatable bonds is 7. The molecule has 0 radical (unpaired) electrons. The van der Waals surface area contributed by atoms with Crippen molar-refractivity contribution in [3.05, 3.63) is 18.2 Å². The van der Waals surface area contributed by atoms with Gasteiger partial charge < -0.3 is 14.8 Å². The number of fused-ring (bicyclic) bond motifs is 1. The molecule has 1 atom stereocenters. The van der Waals surface area contributed by atoms with E-state index in [0.717, 1.165) is 23.8 Å². The molecule has 1 aliphatic heterocycles. The molecular weight excluding hydrogens is 270 g/mol. The molecule has 0 bridgehead atoms. The van der Waals surface area contributed by atoms with Gasteiger partial charge in [0.25, 0.3) is 0 Å². The second-order valence-electron chi connectivity index (χ2n) is 5.42. The van der Waals surface area contributed by atoms with Crippen LogP contribution < -0.4 is 14.8 Å². The van der Waals surface area contributed by atoms with Crippen molar-refractivity contribution in [2.45, 2.75) is 38.1 Å². The molecular formula is C16H25NO2S. The molecule has 20 heavy (non-hydrogen) atoms. The second kappa shape index (κ2) is 7.79. The van der Waals surface area contributed by atoms with E-state index in [2.05, 4.69) is 38.2 Å². The first-order valence-corrected chi connectivity index (χ1v) is 8.45. The van der Waals surface area contributed by atoms with E-state index < -0.39 is 0 Å². The zero-order chi connectivity index (χ0) is 14.4. The number of ether oxygens (including phenoxy) is 2. The van der Waals surface area contributed by atoms with E-state index in [1.807, 2.05) is 17.8 Å². The van der Waals surface area contributed by atoms with Crippen molar-refractivity contribution in [1.82, 2.24) is 5.32 Å². The van der Waals surface area contributed by atoms with Gasteiger partial charge in [0, 0.05) is 16.7 Å². The summed E-state index contributed by atoms with van der Waals surface area (Å²) >= 11 is 1.88. The van der Waals surface area contributed by atoms with E-state index in [1.165, 1.54) is 11.3 Å². The van der Waals surface area contributed by atoms with Gasteiger partial charge in [0.15, 0.2) is 11.5 Å². The maximum absolute atomic E-state index is 5.63. The summed E-state index contributed by atoms with van der Waals surface area (Å²) in [7, 11) is 0. The monoisotopic (exact) mass is 295 g/mol. The van der Waals surface area contributed by atoms with Gasteiger partial charge >= 0.3 is 0 Å². The molecule has 0 fully saturated rings. The Morgan fingerprint density at radius 3 is 2.65 bits per heavy atom. The minimum atomic E-state index is 0.549. The molecule has 0 aromatic heterocycles. The summed E-state index contributed by atoms with van der Waals surface area (Å²) in [6.07, 6.45) is 1.18. The Balaban J connectivity index is 1.92. The number of benzene rings is 1. The first-order valence-electron chi connectivity index (χ1n) is 7.46. The van der Waals surface area contributed by atoms with E-state index in [-0.39, 0.29) is 0 Å². The summed E-state index contributed by atoms with van der Waals surface area (Å²) in [6, 6.07) is 6.78. The molecule has 1 aromatic rings. The third-order valence-corrected chi connectivity index (χ3v) is 4.52. The first kappa shape index (κ1) is 15.5. The molecule has 3 nitrogen and oxygen atoms in total. The van der Waals surface area contributed by atoms with Crippen LogP contribution in [0.25, 0.3) is 0 Å². The van der Waals surface area contributed by atoms with E-state index in [9.17, 15) is 0 Å². The van der Waals surface area contributed by atoms with Crippen molar-refractivity contribution in [3.8, 4) is 11.5 Å². The van der Waals surface area contributed by atoms with Gasteiger partial charge in [-0.05, 0) is 37.1 Å². The van der Waals surface area contributed by atoms with E-state index in [4.69, 9.17) is 9.47 Å². The van der Waals surface area contributed by atoms with Crippen LogP contribution in [-0.4, -0.2) is 31.6 Å². The van der Waals surface area contributed by atoms with Gasteiger partial charge in [0.1, 0.15) is 13.2 Å². The summed E-state index contributed by atoms with van der Waals surface area (Å²) in [4.78, 5) is 1.25. The SMILES string of the molecule is CCCNC(CSc1ccc2c(c1)OCCO2)C(C)C. The van der Waals surface area contributed by atoms with Gasteiger partial charge in [-0.2, -0.15) is 0 Å². The topological polar surface area (TPSA) is 30.5 Å². The van der Waals surface area contributed by atoms with E-state index in [0.29, 0.717) is 25.2 Å². The summed E-state index contributed by atoms with van der Waals surface area (Å²) < 4.78 is 11.2. The molecule has 4 heteroatoms. The van der Waals surface area contributed by atoms with Crippen LogP contribution in [0.5, 0.6) is 11.5 Å². The van der Waals surface area contributed by atoms with Crippen LogP contribution in [0, 0.1) is 5.92 Å². The van der Waals surface area contributed by atoms with Gasteiger partial charge in [-0.3, -0.25) is 0 Å². The van der Waals surface area contributed by atoms with Crippen LogP contribution >= 0.6 is 11.8 Å². The third-order valence-electron chi connectivity index (χ3n) is 3.40. The number of thioether (sulfide) groups is 1. The average molecular weight is 295 g/mol. The number of hydrogen-bond donors (Lipinski definition) is 1. The molecule has 0 saturated heterocycles. The van der Waals surface area contributed by atoms with Gasteiger partial charge in [-0.25, -0.2) is 0 Å². The highest BCUT2D eigenvalue weighted by Crippen LogP contribution is 2.34. The molecule has 1 heterocycles. The molecule has 1 unspecified atom stereocenters. The predicted molar refractivity (Wildman–Crippen MR) is 85.1 cm³/mol. The molecule has 0 amide bonds. The maximum atomic E-state index is 5.63. The lowest BCUT2D eigenvalue weighted by molar-refractivity contribution is 0.171. The normalized spacial score (nSPS) is 15.4.